The van der Waals surface area contributed by atoms with Crippen LogP contribution < -0.4 is 13.5 Å². The molecule has 0 amide bonds. The molecule has 1 aromatic heterocycles. The average molecular weight is 379 g/mol. The second-order valence-corrected chi connectivity index (χ2v) is 9.46. The maximum atomic E-state index is 2.42. The minimum atomic E-state index is 0.409. The molecule has 1 aliphatic heterocycles. The Labute approximate surface area is 149 Å². The summed E-state index contributed by atoms with van der Waals surface area (Å²) in [5.74, 6) is 0.784. The average Bonchev–Trinajstić information content (AvgIpc) is 3.12. The second-order valence-electron chi connectivity index (χ2n) is 7.25. The molecular weight excluding hydrogens is 357 g/mol. The van der Waals surface area contributed by atoms with Crippen LogP contribution in [0.5, 0.6) is 0 Å². The Morgan fingerprint density at radius 2 is 1.88 bits per heavy atom. The summed E-state index contributed by atoms with van der Waals surface area (Å²) >= 11 is 0.409. The molecule has 0 saturated heterocycles. The molecule has 2 heterocycles. The Balaban J connectivity index is 1.87. The number of rotatable bonds is 1. The summed E-state index contributed by atoms with van der Waals surface area (Å²) in [7, 11) is 2.22. The molecule has 3 aromatic rings. The Kier molecular flexibility index (Phi) is 3.33. The molecule has 1 fully saturated rings. The van der Waals surface area contributed by atoms with Gasteiger partial charge in [0.2, 0.25) is 0 Å². The fourth-order valence-electron chi connectivity index (χ4n) is 4.54. The van der Waals surface area contributed by atoms with Crippen molar-refractivity contribution in [3.63, 3.8) is 0 Å². The van der Waals surface area contributed by atoms with Crippen molar-refractivity contribution in [1.82, 2.24) is 0 Å². The van der Waals surface area contributed by atoms with Crippen molar-refractivity contribution in [2.45, 2.75) is 38.5 Å². The van der Waals surface area contributed by atoms with Crippen LogP contribution in [0.3, 0.4) is 0 Å². The van der Waals surface area contributed by atoms with Gasteiger partial charge in [-0.1, -0.05) is 0 Å². The van der Waals surface area contributed by atoms with E-state index in [0.717, 1.165) is 5.92 Å². The van der Waals surface area contributed by atoms with E-state index in [9.17, 15) is 0 Å². The molecule has 2 aromatic carbocycles. The number of pyridine rings is 1. The van der Waals surface area contributed by atoms with Crippen LogP contribution in [0.2, 0.25) is 0 Å². The normalized spacial score (nSPS) is 16.6. The first-order valence-electron chi connectivity index (χ1n) is 8.97. The molecule has 0 radical (unpaired) electrons. The molecule has 24 heavy (non-hydrogen) atoms. The van der Waals surface area contributed by atoms with Gasteiger partial charge in [-0.2, -0.15) is 0 Å². The van der Waals surface area contributed by atoms with Crippen LogP contribution in [-0.4, -0.2) is 15.0 Å². The molecule has 0 N–H and O–H groups in total. The van der Waals surface area contributed by atoms with E-state index in [1.165, 1.54) is 53.3 Å². The van der Waals surface area contributed by atoms with Gasteiger partial charge in [-0.15, -0.1) is 0 Å². The van der Waals surface area contributed by atoms with Crippen molar-refractivity contribution in [3.8, 4) is 11.3 Å². The van der Waals surface area contributed by atoms with Crippen LogP contribution in [0.1, 0.15) is 42.7 Å². The van der Waals surface area contributed by atoms with E-state index >= 15 is 0 Å². The Hall–Kier alpha value is -1.63. The molecule has 1 saturated carbocycles. The first-order valence-corrected chi connectivity index (χ1v) is 10.7. The minimum absolute atomic E-state index is 0.409. The van der Waals surface area contributed by atoms with Crippen LogP contribution in [-0.2, 0) is 7.05 Å². The summed E-state index contributed by atoms with van der Waals surface area (Å²) in [6.07, 6.45) is 7.86. The van der Waals surface area contributed by atoms with Crippen LogP contribution in [0.25, 0.3) is 22.0 Å². The fraction of sp³-hybridized carbons (Fsp3) is 0.318. The van der Waals surface area contributed by atoms with Crippen LogP contribution in [0.4, 0.5) is 0 Å². The number of hydrogen-bond donors (Lipinski definition) is 0. The van der Waals surface area contributed by atoms with Gasteiger partial charge in [0, 0.05) is 0 Å². The summed E-state index contributed by atoms with van der Waals surface area (Å²) in [6, 6.07) is 13.9. The van der Waals surface area contributed by atoms with E-state index in [4.69, 9.17) is 0 Å². The van der Waals surface area contributed by atoms with Crippen molar-refractivity contribution in [2.24, 2.45) is 7.05 Å². The molecule has 2 aliphatic rings. The number of aryl methyl sites for hydroxylation is 2. The number of aromatic nitrogens is 1. The van der Waals surface area contributed by atoms with Gasteiger partial charge in [0.1, 0.15) is 0 Å². The third-order valence-electron chi connectivity index (χ3n) is 5.77. The van der Waals surface area contributed by atoms with E-state index < -0.39 is 0 Å². The zero-order chi connectivity index (χ0) is 16.3. The molecular formula is C22H22NSe+. The maximum absolute atomic E-state index is 2.42. The zero-order valence-electron chi connectivity index (χ0n) is 14.3. The first kappa shape index (κ1) is 14.7. The van der Waals surface area contributed by atoms with Crippen molar-refractivity contribution < 1.29 is 4.57 Å². The van der Waals surface area contributed by atoms with Gasteiger partial charge in [-0.05, 0) is 0 Å². The summed E-state index contributed by atoms with van der Waals surface area (Å²) in [5.41, 5.74) is 6.02. The quantitative estimate of drug-likeness (QED) is 0.353. The van der Waals surface area contributed by atoms with Gasteiger partial charge in [-0.3, -0.25) is 0 Å². The monoisotopic (exact) mass is 380 g/mol. The summed E-state index contributed by atoms with van der Waals surface area (Å²) in [5, 5.41) is 2.90. The number of fused-ring (bicyclic) bond motifs is 2. The first-order chi connectivity index (χ1) is 11.7. The third-order valence-corrected chi connectivity index (χ3v) is 8.27. The number of hydrogen-bond acceptors (Lipinski definition) is 0. The van der Waals surface area contributed by atoms with E-state index in [-0.39, 0.29) is 0 Å². The van der Waals surface area contributed by atoms with Gasteiger partial charge in [-0.25, -0.2) is 0 Å². The number of benzene rings is 2. The SMILES string of the molecule is Cc1ccc2cccc3c2c1-c1c(c(C2CCCC2)cc[n+]1C)[Se]3. The molecule has 0 unspecified atom stereocenters. The number of nitrogens with zero attached hydrogens (tertiary/aromatic N) is 1. The topological polar surface area (TPSA) is 3.88 Å². The standard InChI is InChI=1S/C22H22NSe/c1-14-10-11-16-8-5-9-18-20(16)19(14)21-22(24-18)17(12-13-23(21)2)15-6-3-4-7-15/h5,8-13,15H,3-4,6-7H2,1-2H3/q+1. The van der Waals surface area contributed by atoms with E-state index in [2.05, 4.69) is 61.1 Å². The molecule has 5 rings (SSSR count). The Morgan fingerprint density at radius 1 is 1.04 bits per heavy atom. The van der Waals surface area contributed by atoms with Gasteiger partial charge in [0.05, 0.1) is 0 Å². The van der Waals surface area contributed by atoms with Gasteiger partial charge in [0.15, 0.2) is 0 Å². The van der Waals surface area contributed by atoms with Gasteiger partial charge >= 0.3 is 150 Å². The van der Waals surface area contributed by atoms with Gasteiger partial charge < -0.3 is 0 Å². The predicted octanol–water partition coefficient (Wildman–Crippen LogP) is 3.27. The molecule has 1 nitrogen and oxygen atoms in total. The molecule has 2 heteroatoms. The third kappa shape index (κ3) is 2.03. The molecule has 0 bridgehead atoms. The van der Waals surface area contributed by atoms with E-state index in [1.54, 1.807) is 14.5 Å². The van der Waals surface area contributed by atoms with Crippen molar-refractivity contribution in [3.05, 3.63) is 53.7 Å². The second kappa shape index (κ2) is 5.44. The summed E-state index contributed by atoms with van der Waals surface area (Å²) < 4.78 is 5.58. The van der Waals surface area contributed by atoms with Crippen LogP contribution >= 0.6 is 0 Å². The van der Waals surface area contributed by atoms with Crippen molar-refractivity contribution in [1.29, 1.82) is 0 Å². The molecule has 0 spiro atoms. The molecule has 1 aliphatic carbocycles. The Bertz CT molecular complexity index is 967. The Morgan fingerprint density at radius 3 is 2.71 bits per heavy atom. The van der Waals surface area contributed by atoms with Crippen LogP contribution in [0.15, 0.2) is 42.6 Å². The summed E-state index contributed by atoms with van der Waals surface area (Å²) in [6.45, 7) is 2.27. The molecule has 0 atom stereocenters. The predicted molar refractivity (Wildman–Crippen MR) is 102 cm³/mol. The fourth-order valence-corrected chi connectivity index (χ4v) is 7.45. The van der Waals surface area contributed by atoms with E-state index in [0.29, 0.717) is 15.0 Å². The zero-order valence-corrected chi connectivity index (χ0v) is 16.0. The van der Waals surface area contributed by atoms with Crippen LogP contribution in [0, 0.1) is 6.92 Å². The van der Waals surface area contributed by atoms with Gasteiger partial charge in [0.25, 0.3) is 0 Å². The summed E-state index contributed by atoms with van der Waals surface area (Å²) in [4.78, 5) is 0. The van der Waals surface area contributed by atoms with E-state index in [1.807, 2.05) is 0 Å². The van der Waals surface area contributed by atoms with Crippen molar-refractivity contribution >= 4 is 34.7 Å². The van der Waals surface area contributed by atoms with Crippen molar-refractivity contribution in [2.75, 3.05) is 0 Å². The molecule has 120 valence electrons.